The number of hydrogen-bond acceptors (Lipinski definition) is 5. The Morgan fingerprint density at radius 1 is 1.26 bits per heavy atom. The van der Waals surface area contributed by atoms with E-state index >= 15 is 0 Å². The van der Waals surface area contributed by atoms with Crippen LogP contribution < -0.4 is 5.32 Å². The minimum atomic E-state index is -0.521. The van der Waals surface area contributed by atoms with Gasteiger partial charge in [-0.05, 0) is 26.8 Å². The first-order valence-corrected chi connectivity index (χ1v) is 6.92. The summed E-state index contributed by atoms with van der Waals surface area (Å²) in [6, 6.07) is 2.32. The fourth-order valence-electron chi connectivity index (χ4n) is 1.74. The van der Waals surface area contributed by atoms with E-state index in [9.17, 15) is 5.26 Å². The van der Waals surface area contributed by atoms with Crippen LogP contribution >= 0.6 is 0 Å². The number of hydrogen-bond donors (Lipinski definition) is 1. The third-order valence-corrected chi connectivity index (χ3v) is 2.77. The van der Waals surface area contributed by atoms with E-state index in [-0.39, 0.29) is 6.10 Å². The van der Waals surface area contributed by atoms with Crippen molar-refractivity contribution in [3.8, 4) is 6.07 Å². The van der Waals surface area contributed by atoms with Crippen molar-refractivity contribution >= 4 is 0 Å². The van der Waals surface area contributed by atoms with Gasteiger partial charge in [0.25, 0.3) is 0 Å². The first-order valence-electron chi connectivity index (χ1n) is 6.92. The van der Waals surface area contributed by atoms with Crippen molar-refractivity contribution in [2.75, 3.05) is 40.1 Å². The molecule has 5 nitrogen and oxygen atoms in total. The van der Waals surface area contributed by atoms with E-state index in [1.807, 2.05) is 13.8 Å². The highest BCUT2D eigenvalue weighted by Crippen LogP contribution is 2.13. The summed E-state index contributed by atoms with van der Waals surface area (Å²) in [7, 11) is 1.65. The highest BCUT2D eigenvalue weighted by atomic mass is 16.5. The van der Waals surface area contributed by atoms with E-state index in [0.29, 0.717) is 32.8 Å². The molecule has 0 heterocycles. The van der Waals surface area contributed by atoms with Crippen LogP contribution in [0.15, 0.2) is 0 Å². The molecule has 0 aliphatic carbocycles. The van der Waals surface area contributed by atoms with E-state index in [1.165, 1.54) is 0 Å². The summed E-state index contributed by atoms with van der Waals surface area (Å²) in [4.78, 5) is 0. The second-order valence-electron chi connectivity index (χ2n) is 4.86. The molecule has 0 saturated heterocycles. The van der Waals surface area contributed by atoms with Crippen molar-refractivity contribution in [3.63, 3.8) is 0 Å². The Hall–Kier alpha value is -0.670. The van der Waals surface area contributed by atoms with Gasteiger partial charge in [0.2, 0.25) is 0 Å². The molecule has 0 spiro atoms. The molecule has 0 saturated carbocycles. The normalized spacial score (nSPS) is 15.7. The molecule has 2 unspecified atom stereocenters. The molecule has 0 radical (unpaired) electrons. The van der Waals surface area contributed by atoms with E-state index in [4.69, 9.17) is 14.2 Å². The van der Waals surface area contributed by atoms with Crippen molar-refractivity contribution in [1.82, 2.24) is 5.32 Å². The molecule has 0 rings (SSSR count). The minimum absolute atomic E-state index is 0.0278. The van der Waals surface area contributed by atoms with Crippen LogP contribution in [0.3, 0.4) is 0 Å². The molecule has 5 heteroatoms. The molecule has 0 aromatic heterocycles. The standard InChI is InChI=1S/C14H28N2O3/c1-5-6-16-14(3,12-15)11-13(2)19-10-9-18-8-7-17-4/h13,16H,5-11H2,1-4H3. The fraction of sp³-hybridized carbons (Fsp3) is 0.929. The predicted octanol–water partition coefficient (Wildman–Crippen LogP) is 1.73. The highest BCUT2D eigenvalue weighted by Gasteiger charge is 2.25. The first kappa shape index (κ1) is 18.3. The third kappa shape index (κ3) is 9.85. The van der Waals surface area contributed by atoms with Crippen LogP contribution in [-0.4, -0.2) is 51.7 Å². The van der Waals surface area contributed by atoms with Gasteiger partial charge in [-0.3, -0.25) is 5.32 Å². The highest BCUT2D eigenvalue weighted by molar-refractivity contribution is 5.04. The maximum atomic E-state index is 9.22. The summed E-state index contributed by atoms with van der Waals surface area (Å²) >= 11 is 0. The molecular weight excluding hydrogens is 244 g/mol. The van der Waals surface area contributed by atoms with Gasteiger partial charge in [-0.1, -0.05) is 6.92 Å². The predicted molar refractivity (Wildman–Crippen MR) is 75.0 cm³/mol. The van der Waals surface area contributed by atoms with Crippen LogP contribution in [0.4, 0.5) is 0 Å². The Balaban J connectivity index is 3.76. The zero-order valence-electron chi connectivity index (χ0n) is 12.7. The molecule has 19 heavy (non-hydrogen) atoms. The van der Waals surface area contributed by atoms with Gasteiger partial charge >= 0.3 is 0 Å². The SMILES string of the molecule is CCCNC(C)(C#N)CC(C)OCCOCCOC. The van der Waals surface area contributed by atoms with Crippen LogP contribution in [0.5, 0.6) is 0 Å². The monoisotopic (exact) mass is 272 g/mol. The van der Waals surface area contributed by atoms with Crippen molar-refractivity contribution in [2.45, 2.75) is 45.3 Å². The largest absolute Gasteiger partial charge is 0.382 e. The summed E-state index contributed by atoms with van der Waals surface area (Å²) in [6.45, 7) is 9.11. The Morgan fingerprint density at radius 2 is 1.95 bits per heavy atom. The number of nitrogens with zero attached hydrogens (tertiary/aromatic N) is 1. The van der Waals surface area contributed by atoms with E-state index in [2.05, 4.69) is 18.3 Å². The summed E-state index contributed by atoms with van der Waals surface area (Å²) in [5.74, 6) is 0. The summed E-state index contributed by atoms with van der Waals surface area (Å²) < 4.78 is 15.8. The average molecular weight is 272 g/mol. The maximum absolute atomic E-state index is 9.22. The molecule has 0 aliphatic heterocycles. The second kappa shape index (κ2) is 11.2. The van der Waals surface area contributed by atoms with Crippen molar-refractivity contribution in [2.24, 2.45) is 0 Å². The van der Waals surface area contributed by atoms with Crippen LogP contribution in [0.25, 0.3) is 0 Å². The number of nitriles is 1. The average Bonchev–Trinajstić information content (AvgIpc) is 2.40. The zero-order valence-corrected chi connectivity index (χ0v) is 12.7. The van der Waals surface area contributed by atoms with Crippen LogP contribution in [0.1, 0.15) is 33.6 Å². The Kier molecular flexibility index (Phi) is 10.8. The van der Waals surface area contributed by atoms with Gasteiger partial charge in [0, 0.05) is 13.5 Å². The summed E-state index contributed by atoms with van der Waals surface area (Å²) in [5, 5.41) is 12.5. The van der Waals surface area contributed by atoms with Gasteiger partial charge in [0.05, 0.1) is 38.6 Å². The lowest BCUT2D eigenvalue weighted by atomic mass is 9.96. The Morgan fingerprint density at radius 3 is 2.53 bits per heavy atom. The van der Waals surface area contributed by atoms with Gasteiger partial charge in [-0.15, -0.1) is 0 Å². The molecular formula is C14H28N2O3. The van der Waals surface area contributed by atoms with Gasteiger partial charge in [0.1, 0.15) is 5.54 Å². The fourth-order valence-corrected chi connectivity index (χ4v) is 1.74. The molecule has 112 valence electrons. The van der Waals surface area contributed by atoms with Gasteiger partial charge in [-0.25, -0.2) is 0 Å². The lowest BCUT2D eigenvalue weighted by Gasteiger charge is -2.26. The molecule has 0 amide bonds. The summed E-state index contributed by atoms with van der Waals surface area (Å²) in [5.41, 5.74) is -0.521. The molecule has 0 aromatic rings. The van der Waals surface area contributed by atoms with Gasteiger partial charge in [0.15, 0.2) is 0 Å². The Bertz CT molecular complexity index is 256. The van der Waals surface area contributed by atoms with Crippen LogP contribution in [-0.2, 0) is 14.2 Å². The van der Waals surface area contributed by atoms with Crippen molar-refractivity contribution < 1.29 is 14.2 Å². The van der Waals surface area contributed by atoms with E-state index in [0.717, 1.165) is 13.0 Å². The topological polar surface area (TPSA) is 63.5 Å². The van der Waals surface area contributed by atoms with E-state index < -0.39 is 5.54 Å². The Labute approximate surface area is 117 Å². The van der Waals surface area contributed by atoms with Crippen LogP contribution in [0.2, 0.25) is 0 Å². The lowest BCUT2D eigenvalue weighted by molar-refractivity contribution is -0.00784. The molecule has 0 fully saturated rings. The maximum Gasteiger partial charge on any atom is 0.106 e. The molecule has 0 bridgehead atoms. The quantitative estimate of drug-likeness (QED) is 0.548. The number of rotatable bonds is 12. The molecule has 2 atom stereocenters. The number of methoxy groups -OCH3 is 1. The number of nitrogens with one attached hydrogen (secondary N) is 1. The molecule has 0 aromatic carbocycles. The first-order chi connectivity index (χ1) is 9.08. The zero-order chi connectivity index (χ0) is 14.6. The lowest BCUT2D eigenvalue weighted by Crippen LogP contribution is -2.44. The van der Waals surface area contributed by atoms with E-state index in [1.54, 1.807) is 7.11 Å². The summed E-state index contributed by atoms with van der Waals surface area (Å²) in [6.07, 6.45) is 1.71. The van der Waals surface area contributed by atoms with Crippen molar-refractivity contribution in [3.05, 3.63) is 0 Å². The molecule has 0 aliphatic rings. The number of ether oxygens (including phenoxy) is 3. The van der Waals surface area contributed by atoms with Crippen molar-refractivity contribution in [1.29, 1.82) is 5.26 Å². The minimum Gasteiger partial charge on any atom is -0.382 e. The molecule has 1 N–H and O–H groups in total. The van der Waals surface area contributed by atoms with Crippen LogP contribution in [0, 0.1) is 11.3 Å². The van der Waals surface area contributed by atoms with Gasteiger partial charge < -0.3 is 14.2 Å². The third-order valence-electron chi connectivity index (χ3n) is 2.77. The van der Waals surface area contributed by atoms with Gasteiger partial charge in [-0.2, -0.15) is 5.26 Å². The second-order valence-corrected chi connectivity index (χ2v) is 4.86. The smallest absolute Gasteiger partial charge is 0.106 e.